The van der Waals surface area contributed by atoms with Crippen molar-refractivity contribution in [1.82, 2.24) is 0 Å². The zero-order valence-corrected chi connectivity index (χ0v) is 64.2. The number of likely N-dealkylation sites (N-methyl/N-ethyl adjacent to an activating group) is 1. The highest BCUT2D eigenvalue weighted by atomic mass is 16.7. The molecule has 0 aromatic rings. The second-order valence-corrected chi connectivity index (χ2v) is 28.7. The topological polar surface area (TPSA) is 111 Å². The van der Waals surface area contributed by atoms with Crippen LogP contribution in [0.4, 0.5) is 0 Å². The molecule has 0 heterocycles. The molecule has 0 radical (unpaired) electrons. The third-order valence-electron chi connectivity index (χ3n) is 18.0. The highest BCUT2D eigenvalue weighted by Crippen LogP contribution is 2.19. The van der Waals surface area contributed by atoms with Gasteiger partial charge in [-0.1, -0.05) is 367 Å². The van der Waals surface area contributed by atoms with Gasteiger partial charge < -0.3 is 33.3 Å². The molecule has 0 aromatic carbocycles. The molecule has 2 atom stereocenters. The molecule has 560 valence electrons. The summed E-state index contributed by atoms with van der Waals surface area (Å²) in [4.78, 5) is 37.6. The van der Waals surface area contributed by atoms with E-state index in [9.17, 15) is 19.5 Å². The summed E-state index contributed by atoms with van der Waals surface area (Å²) in [6.07, 6.45) is 106. The van der Waals surface area contributed by atoms with E-state index >= 15 is 0 Å². The number of carbonyl (C=O) groups is 3. The largest absolute Gasteiger partial charge is 0.545 e. The first-order chi connectivity index (χ1) is 47.6. The number of carboxylic acids is 1. The molecule has 0 aliphatic rings. The fourth-order valence-corrected chi connectivity index (χ4v) is 11.8. The van der Waals surface area contributed by atoms with Crippen molar-refractivity contribution in [2.75, 3.05) is 47.5 Å². The number of hydrogen-bond donors (Lipinski definition) is 0. The van der Waals surface area contributed by atoms with Gasteiger partial charge in [0, 0.05) is 12.8 Å². The van der Waals surface area contributed by atoms with Crippen molar-refractivity contribution in [1.29, 1.82) is 0 Å². The number of esters is 2. The molecule has 0 aromatic heterocycles. The van der Waals surface area contributed by atoms with E-state index in [-0.39, 0.29) is 32.2 Å². The van der Waals surface area contributed by atoms with Crippen LogP contribution in [0.3, 0.4) is 0 Å². The second kappa shape index (κ2) is 77.7. The Hall–Kier alpha value is -4.05. The molecular formula is C88H155NO8. The standard InChI is InChI=1S/C88H155NO8/c1-6-8-10-12-14-16-18-20-22-24-26-28-30-32-34-36-38-40-41-42-43-44-45-47-49-51-53-55-57-59-61-63-65-67-69-71-73-75-77-79-86(91)97-84(83-96-88(87(92)93)94-81-80-89(3,4)5)82-95-85(90)78-76-74-72-70-68-66-64-62-60-58-56-54-52-50-48-46-39-37-35-33-31-29-27-25-23-21-19-17-15-13-11-9-7-2/h8,10,14,16,19-22,25-28,32,34,38,40,42-43,84,88H,6-7,9,11-13,15,17-18,23-24,29-31,33,35-37,39,41,44-83H2,1-5H3/b10-8-,16-14-,21-19-,22-20-,27-25-,28-26-,34-32-,40-38-,43-42-. The van der Waals surface area contributed by atoms with Gasteiger partial charge in [-0.2, -0.15) is 0 Å². The van der Waals surface area contributed by atoms with Crippen LogP contribution in [0.5, 0.6) is 0 Å². The Bertz CT molecular complexity index is 1970. The number of carboxylic acid groups (broad SMARTS) is 1. The highest BCUT2D eigenvalue weighted by molar-refractivity contribution is 5.70. The van der Waals surface area contributed by atoms with Crippen LogP contribution in [0.2, 0.25) is 0 Å². The van der Waals surface area contributed by atoms with Crippen LogP contribution >= 0.6 is 0 Å². The highest BCUT2D eigenvalue weighted by Gasteiger charge is 2.22. The van der Waals surface area contributed by atoms with Gasteiger partial charge in [-0.15, -0.1) is 0 Å². The number of nitrogens with zero attached hydrogens (tertiary/aromatic N) is 1. The van der Waals surface area contributed by atoms with Crippen molar-refractivity contribution in [3.8, 4) is 0 Å². The predicted octanol–water partition coefficient (Wildman–Crippen LogP) is 25.1. The Morgan fingerprint density at radius 2 is 0.588 bits per heavy atom. The first-order valence-corrected chi connectivity index (χ1v) is 41.0. The van der Waals surface area contributed by atoms with Gasteiger partial charge in [0.05, 0.1) is 40.3 Å². The van der Waals surface area contributed by atoms with Crippen LogP contribution < -0.4 is 5.11 Å². The summed E-state index contributed by atoms with van der Waals surface area (Å²) in [6.45, 7) is 4.67. The third-order valence-corrected chi connectivity index (χ3v) is 18.0. The second-order valence-electron chi connectivity index (χ2n) is 28.7. The average molecular weight is 1360 g/mol. The normalized spacial score (nSPS) is 13.2. The quantitative estimate of drug-likeness (QED) is 0.0195. The maximum Gasteiger partial charge on any atom is 0.306 e. The molecule has 0 spiro atoms. The van der Waals surface area contributed by atoms with Crippen LogP contribution in [0, 0.1) is 0 Å². The van der Waals surface area contributed by atoms with Gasteiger partial charge in [0.15, 0.2) is 12.4 Å². The lowest BCUT2D eigenvalue weighted by atomic mass is 10.0. The Balaban J connectivity index is 4.00. The van der Waals surface area contributed by atoms with Crippen molar-refractivity contribution in [3.05, 3.63) is 109 Å². The zero-order chi connectivity index (χ0) is 70.4. The first kappa shape index (κ1) is 93.0. The summed E-state index contributed by atoms with van der Waals surface area (Å²) in [5, 5.41) is 11.9. The molecule has 0 saturated carbocycles. The number of rotatable bonds is 76. The summed E-state index contributed by atoms with van der Waals surface area (Å²) in [7, 11) is 5.95. The Morgan fingerprint density at radius 3 is 0.876 bits per heavy atom. The van der Waals surface area contributed by atoms with Crippen molar-refractivity contribution in [3.63, 3.8) is 0 Å². The number of quaternary nitrogens is 1. The maximum absolute atomic E-state index is 13.0. The van der Waals surface area contributed by atoms with Crippen LogP contribution in [0.25, 0.3) is 0 Å². The molecule has 2 unspecified atom stereocenters. The van der Waals surface area contributed by atoms with Crippen LogP contribution in [-0.4, -0.2) is 82.3 Å². The van der Waals surface area contributed by atoms with E-state index in [2.05, 4.69) is 123 Å². The summed E-state index contributed by atoms with van der Waals surface area (Å²) in [6, 6.07) is 0. The van der Waals surface area contributed by atoms with E-state index < -0.39 is 24.3 Å². The van der Waals surface area contributed by atoms with Gasteiger partial charge >= 0.3 is 11.9 Å². The molecule has 0 saturated heterocycles. The minimum absolute atomic E-state index is 0.147. The van der Waals surface area contributed by atoms with Gasteiger partial charge in [0.1, 0.15) is 13.2 Å². The fraction of sp³-hybridized carbons (Fsp3) is 0.761. The maximum atomic E-state index is 13.0. The minimum atomic E-state index is -1.62. The fourth-order valence-electron chi connectivity index (χ4n) is 11.8. The first-order valence-electron chi connectivity index (χ1n) is 41.0. The van der Waals surface area contributed by atoms with Crippen molar-refractivity contribution < 1.29 is 42.9 Å². The van der Waals surface area contributed by atoms with Gasteiger partial charge in [0.25, 0.3) is 0 Å². The van der Waals surface area contributed by atoms with Gasteiger partial charge in [0.2, 0.25) is 0 Å². The molecule has 0 rings (SSSR count). The van der Waals surface area contributed by atoms with Gasteiger partial charge in [-0.3, -0.25) is 9.59 Å². The lowest BCUT2D eigenvalue weighted by Crippen LogP contribution is -2.44. The predicted molar refractivity (Wildman–Crippen MR) is 417 cm³/mol. The number of hydrogen-bond acceptors (Lipinski definition) is 8. The number of aliphatic carboxylic acids is 1. The molecule has 0 amide bonds. The van der Waals surface area contributed by atoms with Gasteiger partial charge in [-0.05, 0) is 103 Å². The number of unbranched alkanes of at least 4 members (excludes halogenated alkanes) is 43. The van der Waals surface area contributed by atoms with E-state index in [1.165, 1.54) is 257 Å². The van der Waals surface area contributed by atoms with Crippen molar-refractivity contribution in [2.45, 2.75) is 386 Å². The minimum Gasteiger partial charge on any atom is -0.545 e. The molecule has 9 heteroatoms. The molecule has 0 fully saturated rings. The SMILES string of the molecule is CC/C=C\C/C=C\C/C=C\C/C=C\C/C=C\C/C=C\C/C=C\CCCCCCCCCCCCCCCCCCCC(=O)OC(COC(=O)CCCCCCCCCCCCCCCCCCCCCCC/C=C\C/C=C\CCCCCCC)COC(OCC[N+](C)(C)C)C(=O)[O-]. The number of ether oxygens (including phenoxy) is 4. The smallest absolute Gasteiger partial charge is 0.306 e. The molecule has 0 bridgehead atoms. The Kier molecular flexibility index (Phi) is 74.4. The average Bonchev–Trinajstić information content (AvgIpc) is 2.39. The molecule has 0 N–H and O–H groups in total. The summed E-state index contributed by atoms with van der Waals surface area (Å²) >= 11 is 0. The van der Waals surface area contributed by atoms with E-state index in [0.29, 0.717) is 23.9 Å². The molecule has 9 nitrogen and oxygen atoms in total. The number of allylic oxidation sites excluding steroid dienone is 18. The third kappa shape index (κ3) is 79.2. The van der Waals surface area contributed by atoms with Gasteiger partial charge in [-0.25, -0.2) is 0 Å². The van der Waals surface area contributed by atoms with Crippen molar-refractivity contribution in [2.24, 2.45) is 0 Å². The summed E-state index contributed by atoms with van der Waals surface area (Å²) in [5.74, 6) is -2.26. The Morgan fingerprint density at radius 1 is 0.320 bits per heavy atom. The molecule has 0 aliphatic carbocycles. The lowest BCUT2D eigenvalue weighted by molar-refractivity contribution is -0.870. The summed E-state index contributed by atoms with van der Waals surface area (Å²) < 4.78 is 22.9. The van der Waals surface area contributed by atoms with E-state index in [0.717, 1.165) is 83.5 Å². The summed E-state index contributed by atoms with van der Waals surface area (Å²) in [5.41, 5.74) is 0. The molecular weight excluding hydrogens is 1200 g/mol. The lowest BCUT2D eigenvalue weighted by Gasteiger charge is -2.26. The molecule has 0 aliphatic heterocycles. The van der Waals surface area contributed by atoms with Crippen molar-refractivity contribution >= 4 is 17.9 Å². The van der Waals surface area contributed by atoms with Crippen LogP contribution in [0.15, 0.2) is 109 Å². The van der Waals surface area contributed by atoms with E-state index in [1.54, 1.807) is 0 Å². The van der Waals surface area contributed by atoms with E-state index in [1.807, 2.05) is 21.1 Å². The van der Waals surface area contributed by atoms with Crippen LogP contribution in [-0.2, 0) is 33.3 Å². The monoisotopic (exact) mass is 1350 g/mol. The van der Waals surface area contributed by atoms with Crippen LogP contribution in [0.1, 0.15) is 373 Å². The zero-order valence-electron chi connectivity index (χ0n) is 64.2. The number of carbonyl (C=O) groups excluding carboxylic acids is 3. The van der Waals surface area contributed by atoms with E-state index in [4.69, 9.17) is 18.9 Å². The molecule has 97 heavy (non-hydrogen) atoms. The Labute approximate surface area is 600 Å².